The van der Waals surface area contributed by atoms with Gasteiger partial charge in [-0.15, -0.1) is 5.11 Å². The fourth-order valence-electron chi connectivity index (χ4n) is 1.80. The Bertz CT molecular complexity index is 755. The van der Waals surface area contributed by atoms with Crippen LogP contribution < -0.4 is 15.8 Å². The predicted molar refractivity (Wildman–Crippen MR) is 92.3 cm³/mol. The average molecular weight is 353 g/mol. The summed E-state index contributed by atoms with van der Waals surface area (Å²) in [5.41, 5.74) is 7.54. The third-order valence-corrected chi connectivity index (χ3v) is 3.40. The standard InChI is InChI=1S/C15H14Cl2N4O2/c1-8(22)19-15-11(16)6-10(7-12(15)17)20-21-13-4-3-9(18)5-14(13)23-2/h3-7H,18H2,1-2H3,(H,19,22)/b21-20+. The molecule has 0 unspecified atom stereocenters. The summed E-state index contributed by atoms with van der Waals surface area (Å²) in [6.45, 7) is 1.37. The van der Waals surface area contributed by atoms with Crippen LogP contribution in [0.5, 0.6) is 5.75 Å². The first kappa shape index (κ1) is 17.1. The molecule has 0 aliphatic rings. The Morgan fingerprint density at radius 2 is 1.83 bits per heavy atom. The molecule has 0 heterocycles. The van der Waals surface area contributed by atoms with Gasteiger partial charge in [-0.2, -0.15) is 5.11 Å². The van der Waals surface area contributed by atoms with Gasteiger partial charge in [0.05, 0.1) is 28.5 Å². The molecule has 0 radical (unpaired) electrons. The number of nitrogens with two attached hydrogens (primary N) is 1. The second kappa shape index (κ2) is 7.30. The largest absolute Gasteiger partial charge is 0.494 e. The first-order chi connectivity index (χ1) is 10.9. The van der Waals surface area contributed by atoms with E-state index in [1.165, 1.54) is 14.0 Å². The van der Waals surface area contributed by atoms with Gasteiger partial charge < -0.3 is 15.8 Å². The van der Waals surface area contributed by atoms with Crippen LogP contribution in [-0.2, 0) is 4.79 Å². The van der Waals surface area contributed by atoms with Crippen molar-refractivity contribution >= 4 is 51.9 Å². The molecule has 0 fully saturated rings. The minimum Gasteiger partial charge on any atom is -0.494 e. The zero-order valence-corrected chi connectivity index (χ0v) is 13.9. The van der Waals surface area contributed by atoms with E-state index in [1.807, 2.05) is 0 Å². The third kappa shape index (κ3) is 4.34. The highest BCUT2D eigenvalue weighted by molar-refractivity contribution is 6.40. The number of amides is 1. The summed E-state index contributed by atoms with van der Waals surface area (Å²) in [5, 5.41) is 11.3. The number of ether oxygens (including phenoxy) is 1. The van der Waals surface area contributed by atoms with Gasteiger partial charge in [-0.25, -0.2) is 0 Å². The smallest absolute Gasteiger partial charge is 0.221 e. The maximum atomic E-state index is 11.1. The second-order valence-electron chi connectivity index (χ2n) is 4.60. The maximum Gasteiger partial charge on any atom is 0.221 e. The van der Waals surface area contributed by atoms with Gasteiger partial charge in [-0.1, -0.05) is 23.2 Å². The second-order valence-corrected chi connectivity index (χ2v) is 5.41. The van der Waals surface area contributed by atoms with Gasteiger partial charge in [0.1, 0.15) is 11.4 Å². The number of carbonyl (C=O) groups excluding carboxylic acids is 1. The van der Waals surface area contributed by atoms with Crippen molar-refractivity contribution in [3.05, 3.63) is 40.4 Å². The number of hydrogen-bond acceptors (Lipinski definition) is 5. The van der Waals surface area contributed by atoms with Gasteiger partial charge in [0.2, 0.25) is 5.91 Å². The van der Waals surface area contributed by atoms with Gasteiger partial charge in [-0.05, 0) is 24.3 Å². The lowest BCUT2D eigenvalue weighted by atomic mass is 10.2. The number of nitrogens with zero attached hydrogens (tertiary/aromatic N) is 2. The number of carbonyl (C=O) groups is 1. The molecule has 0 aliphatic heterocycles. The topological polar surface area (TPSA) is 89.1 Å². The monoisotopic (exact) mass is 352 g/mol. The van der Waals surface area contributed by atoms with E-state index in [1.54, 1.807) is 30.3 Å². The molecule has 3 N–H and O–H groups in total. The molecule has 120 valence electrons. The number of nitrogens with one attached hydrogen (secondary N) is 1. The Morgan fingerprint density at radius 3 is 2.39 bits per heavy atom. The van der Waals surface area contributed by atoms with E-state index < -0.39 is 0 Å². The van der Waals surface area contributed by atoms with Crippen molar-refractivity contribution in [2.45, 2.75) is 6.92 Å². The van der Waals surface area contributed by atoms with Crippen LogP contribution >= 0.6 is 23.2 Å². The van der Waals surface area contributed by atoms with Crippen LogP contribution in [0.2, 0.25) is 10.0 Å². The first-order valence-electron chi connectivity index (χ1n) is 6.52. The van der Waals surface area contributed by atoms with Crippen LogP contribution in [-0.4, -0.2) is 13.0 Å². The minimum atomic E-state index is -0.269. The van der Waals surface area contributed by atoms with Crippen LogP contribution in [0.25, 0.3) is 0 Å². The van der Waals surface area contributed by atoms with Crippen LogP contribution in [0.3, 0.4) is 0 Å². The van der Waals surface area contributed by atoms with Gasteiger partial charge in [0, 0.05) is 18.7 Å². The zero-order valence-electron chi connectivity index (χ0n) is 12.4. The molecule has 6 nitrogen and oxygen atoms in total. The van der Waals surface area contributed by atoms with Crippen molar-refractivity contribution in [1.29, 1.82) is 0 Å². The molecule has 0 saturated carbocycles. The van der Waals surface area contributed by atoms with E-state index in [2.05, 4.69) is 15.5 Å². The van der Waals surface area contributed by atoms with E-state index in [0.29, 0.717) is 28.5 Å². The Hall–Kier alpha value is -2.31. The van der Waals surface area contributed by atoms with E-state index >= 15 is 0 Å². The molecule has 2 aromatic carbocycles. The Labute approximate surface area is 143 Å². The summed E-state index contributed by atoms with van der Waals surface area (Å²) in [4.78, 5) is 11.1. The molecular formula is C15H14Cl2N4O2. The van der Waals surface area contributed by atoms with E-state index in [4.69, 9.17) is 33.7 Å². The number of anilines is 2. The third-order valence-electron chi connectivity index (χ3n) is 2.80. The quantitative estimate of drug-likeness (QED) is 0.601. The number of rotatable bonds is 4. The molecule has 23 heavy (non-hydrogen) atoms. The molecule has 0 spiro atoms. The Morgan fingerprint density at radius 1 is 1.17 bits per heavy atom. The lowest BCUT2D eigenvalue weighted by molar-refractivity contribution is -0.114. The molecule has 8 heteroatoms. The maximum absolute atomic E-state index is 11.1. The number of methoxy groups -OCH3 is 1. The lowest BCUT2D eigenvalue weighted by Crippen LogP contribution is -2.06. The molecule has 0 saturated heterocycles. The molecule has 0 atom stereocenters. The molecule has 0 bridgehead atoms. The van der Waals surface area contributed by atoms with Crippen molar-refractivity contribution < 1.29 is 9.53 Å². The van der Waals surface area contributed by atoms with Crippen LogP contribution in [0, 0.1) is 0 Å². The first-order valence-corrected chi connectivity index (χ1v) is 7.28. The summed E-state index contributed by atoms with van der Waals surface area (Å²) in [5.74, 6) is 0.232. The van der Waals surface area contributed by atoms with E-state index in [9.17, 15) is 4.79 Å². The SMILES string of the molecule is COc1cc(N)ccc1/N=N/c1cc(Cl)c(NC(C)=O)c(Cl)c1. The van der Waals surface area contributed by atoms with Gasteiger partial charge in [0.25, 0.3) is 0 Å². The van der Waals surface area contributed by atoms with Crippen molar-refractivity contribution in [2.75, 3.05) is 18.2 Å². The van der Waals surface area contributed by atoms with Gasteiger partial charge >= 0.3 is 0 Å². The van der Waals surface area contributed by atoms with Gasteiger partial charge in [0.15, 0.2) is 0 Å². The van der Waals surface area contributed by atoms with E-state index in [-0.39, 0.29) is 16.0 Å². The Balaban J connectivity index is 2.32. The van der Waals surface area contributed by atoms with Crippen LogP contribution in [0.1, 0.15) is 6.92 Å². The Kier molecular flexibility index (Phi) is 5.41. The van der Waals surface area contributed by atoms with Crippen molar-refractivity contribution in [3.63, 3.8) is 0 Å². The summed E-state index contributed by atoms with van der Waals surface area (Å²) >= 11 is 12.2. The number of halogens is 2. The predicted octanol–water partition coefficient (Wildman–Crippen LogP) is 4.96. The molecule has 0 aliphatic carbocycles. The lowest BCUT2D eigenvalue weighted by Gasteiger charge is -2.08. The fraction of sp³-hybridized carbons (Fsp3) is 0.133. The minimum absolute atomic E-state index is 0.269. The highest BCUT2D eigenvalue weighted by Gasteiger charge is 2.10. The number of azo groups is 1. The summed E-state index contributed by atoms with van der Waals surface area (Å²) < 4.78 is 5.19. The number of nitrogen functional groups attached to an aromatic ring is 1. The van der Waals surface area contributed by atoms with Gasteiger partial charge in [-0.3, -0.25) is 4.79 Å². The average Bonchev–Trinajstić information content (AvgIpc) is 2.49. The fourth-order valence-corrected chi connectivity index (χ4v) is 2.37. The summed E-state index contributed by atoms with van der Waals surface area (Å²) in [6.07, 6.45) is 0. The van der Waals surface area contributed by atoms with Crippen LogP contribution in [0.4, 0.5) is 22.7 Å². The molecule has 0 aromatic heterocycles. The molecular weight excluding hydrogens is 339 g/mol. The number of benzene rings is 2. The van der Waals surface area contributed by atoms with Crippen molar-refractivity contribution in [1.82, 2.24) is 0 Å². The molecule has 2 rings (SSSR count). The van der Waals surface area contributed by atoms with Crippen molar-refractivity contribution in [3.8, 4) is 5.75 Å². The highest BCUT2D eigenvalue weighted by atomic mass is 35.5. The number of hydrogen-bond donors (Lipinski definition) is 2. The molecule has 1 amide bonds. The normalized spacial score (nSPS) is 10.8. The van der Waals surface area contributed by atoms with Crippen LogP contribution in [0.15, 0.2) is 40.6 Å². The highest BCUT2D eigenvalue weighted by Crippen LogP contribution is 2.36. The molecule has 2 aromatic rings. The summed E-state index contributed by atoms with van der Waals surface area (Å²) in [7, 11) is 1.52. The summed E-state index contributed by atoms with van der Waals surface area (Å²) in [6, 6.07) is 8.12. The van der Waals surface area contributed by atoms with Crippen molar-refractivity contribution in [2.24, 2.45) is 10.2 Å². The van der Waals surface area contributed by atoms with E-state index in [0.717, 1.165) is 0 Å². The zero-order chi connectivity index (χ0) is 17.0.